The Hall–Kier alpha value is -1.09. The van der Waals surface area contributed by atoms with Gasteiger partial charge in [-0.25, -0.2) is 4.39 Å². The third kappa shape index (κ3) is 4.48. The van der Waals surface area contributed by atoms with Crippen molar-refractivity contribution in [1.29, 1.82) is 0 Å². The molecule has 3 heteroatoms. The standard InChI is InChI=1S/C17H26FNO/c1-3-4-5-6-7-13(2)19-12-16-11-14-10-15(18)8-9-17(14)20-16/h8-10,13,16,19H,3-7,11-12H2,1-2H3. The molecule has 2 atom stereocenters. The molecule has 2 nitrogen and oxygen atoms in total. The summed E-state index contributed by atoms with van der Waals surface area (Å²) in [5.41, 5.74) is 0.993. The lowest BCUT2D eigenvalue weighted by molar-refractivity contribution is 0.221. The zero-order chi connectivity index (χ0) is 14.4. The summed E-state index contributed by atoms with van der Waals surface area (Å²) in [6.07, 6.45) is 7.40. The Morgan fingerprint density at radius 1 is 1.35 bits per heavy atom. The zero-order valence-electron chi connectivity index (χ0n) is 12.6. The zero-order valence-corrected chi connectivity index (χ0v) is 12.6. The molecule has 0 amide bonds. The monoisotopic (exact) mass is 279 g/mol. The molecular weight excluding hydrogens is 253 g/mol. The van der Waals surface area contributed by atoms with E-state index >= 15 is 0 Å². The highest BCUT2D eigenvalue weighted by molar-refractivity contribution is 5.37. The van der Waals surface area contributed by atoms with Gasteiger partial charge in [0.15, 0.2) is 0 Å². The summed E-state index contributed by atoms with van der Waals surface area (Å²) >= 11 is 0. The van der Waals surface area contributed by atoms with E-state index in [1.54, 1.807) is 12.1 Å². The fourth-order valence-corrected chi connectivity index (χ4v) is 2.71. The highest BCUT2D eigenvalue weighted by Crippen LogP contribution is 2.28. The Labute approximate surface area is 121 Å². The number of fused-ring (bicyclic) bond motifs is 1. The molecule has 0 saturated carbocycles. The summed E-state index contributed by atoms with van der Waals surface area (Å²) in [4.78, 5) is 0. The van der Waals surface area contributed by atoms with Crippen LogP contribution in [0.25, 0.3) is 0 Å². The second-order valence-corrected chi connectivity index (χ2v) is 5.85. The van der Waals surface area contributed by atoms with E-state index in [0.717, 1.165) is 24.3 Å². The lowest BCUT2D eigenvalue weighted by Crippen LogP contribution is -2.35. The molecule has 0 bridgehead atoms. The van der Waals surface area contributed by atoms with Gasteiger partial charge in [0.05, 0.1) is 0 Å². The van der Waals surface area contributed by atoms with Gasteiger partial charge in [-0.2, -0.15) is 0 Å². The average Bonchev–Trinajstić information content (AvgIpc) is 2.83. The molecule has 1 aliphatic heterocycles. The molecule has 2 rings (SSSR count). The van der Waals surface area contributed by atoms with Crippen LogP contribution in [0.3, 0.4) is 0 Å². The van der Waals surface area contributed by atoms with Crippen molar-refractivity contribution in [2.75, 3.05) is 6.54 Å². The number of benzene rings is 1. The minimum absolute atomic E-state index is 0.143. The first-order valence-corrected chi connectivity index (χ1v) is 7.87. The number of hydrogen-bond acceptors (Lipinski definition) is 2. The van der Waals surface area contributed by atoms with Gasteiger partial charge in [-0.15, -0.1) is 0 Å². The summed E-state index contributed by atoms with van der Waals surface area (Å²) < 4.78 is 19.0. The molecule has 1 N–H and O–H groups in total. The summed E-state index contributed by atoms with van der Waals surface area (Å²) in [6, 6.07) is 5.31. The van der Waals surface area contributed by atoms with Crippen LogP contribution in [0.4, 0.5) is 4.39 Å². The fraction of sp³-hybridized carbons (Fsp3) is 0.647. The summed E-state index contributed by atoms with van der Waals surface area (Å²) in [5.74, 6) is 0.666. The number of nitrogens with one attached hydrogen (secondary N) is 1. The number of hydrogen-bond donors (Lipinski definition) is 1. The van der Waals surface area contributed by atoms with Crippen LogP contribution in [0.2, 0.25) is 0 Å². The van der Waals surface area contributed by atoms with E-state index in [-0.39, 0.29) is 11.9 Å². The van der Waals surface area contributed by atoms with Gasteiger partial charge in [0.2, 0.25) is 0 Å². The Morgan fingerprint density at radius 3 is 3.00 bits per heavy atom. The average molecular weight is 279 g/mol. The Morgan fingerprint density at radius 2 is 2.20 bits per heavy atom. The number of ether oxygens (including phenoxy) is 1. The first-order valence-electron chi connectivity index (χ1n) is 7.87. The van der Waals surface area contributed by atoms with Crippen LogP contribution in [-0.4, -0.2) is 18.7 Å². The molecule has 1 heterocycles. The maximum atomic E-state index is 13.1. The van der Waals surface area contributed by atoms with Crippen molar-refractivity contribution in [2.45, 2.75) is 64.5 Å². The minimum Gasteiger partial charge on any atom is -0.488 e. The van der Waals surface area contributed by atoms with Crippen molar-refractivity contribution in [3.63, 3.8) is 0 Å². The van der Waals surface area contributed by atoms with Crippen LogP contribution in [0.5, 0.6) is 5.75 Å². The highest BCUT2D eigenvalue weighted by Gasteiger charge is 2.23. The quantitative estimate of drug-likeness (QED) is 0.724. The molecule has 0 fully saturated rings. The lowest BCUT2D eigenvalue weighted by atomic mass is 10.1. The number of unbranched alkanes of at least 4 members (excludes halogenated alkanes) is 3. The molecule has 2 unspecified atom stereocenters. The van der Waals surface area contributed by atoms with E-state index < -0.39 is 0 Å². The molecule has 0 aromatic heterocycles. The second-order valence-electron chi connectivity index (χ2n) is 5.85. The lowest BCUT2D eigenvalue weighted by Gasteiger charge is -2.17. The van der Waals surface area contributed by atoms with Crippen molar-refractivity contribution in [3.8, 4) is 5.75 Å². The molecule has 1 aromatic rings. The second kappa shape index (κ2) is 7.63. The summed E-state index contributed by atoms with van der Waals surface area (Å²) in [5, 5.41) is 3.53. The van der Waals surface area contributed by atoms with Gasteiger partial charge in [-0.05, 0) is 31.5 Å². The van der Waals surface area contributed by atoms with E-state index in [9.17, 15) is 4.39 Å². The van der Waals surface area contributed by atoms with Crippen LogP contribution < -0.4 is 10.1 Å². The number of halogens is 1. The van der Waals surface area contributed by atoms with Gasteiger partial charge in [0.1, 0.15) is 17.7 Å². The molecule has 20 heavy (non-hydrogen) atoms. The molecule has 0 aliphatic carbocycles. The topological polar surface area (TPSA) is 21.3 Å². The van der Waals surface area contributed by atoms with E-state index in [1.165, 1.54) is 38.2 Å². The third-order valence-corrected chi connectivity index (χ3v) is 3.95. The van der Waals surface area contributed by atoms with E-state index in [2.05, 4.69) is 19.2 Å². The van der Waals surface area contributed by atoms with Crippen LogP contribution in [0.1, 0.15) is 51.5 Å². The number of rotatable bonds is 8. The van der Waals surface area contributed by atoms with E-state index in [1.807, 2.05) is 0 Å². The van der Waals surface area contributed by atoms with Crippen molar-refractivity contribution < 1.29 is 9.13 Å². The molecule has 0 saturated heterocycles. The van der Waals surface area contributed by atoms with Crippen LogP contribution in [0, 0.1) is 5.82 Å². The highest BCUT2D eigenvalue weighted by atomic mass is 19.1. The maximum Gasteiger partial charge on any atom is 0.123 e. The van der Waals surface area contributed by atoms with Crippen molar-refractivity contribution in [1.82, 2.24) is 5.32 Å². The van der Waals surface area contributed by atoms with E-state index in [0.29, 0.717) is 6.04 Å². The first kappa shape index (κ1) is 15.3. The predicted molar refractivity (Wildman–Crippen MR) is 80.7 cm³/mol. The van der Waals surface area contributed by atoms with Gasteiger partial charge >= 0.3 is 0 Å². The van der Waals surface area contributed by atoms with Gasteiger partial charge in [0.25, 0.3) is 0 Å². The van der Waals surface area contributed by atoms with Gasteiger partial charge < -0.3 is 10.1 Å². The van der Waals surface area contributed by atoms with Crippen LogP contribution in [0.15, 0.2) is 18.2 Å². The third-order valence-electron chi connectivity index (χ3n) is 3.95. The van der Waals surface area contributed by atoms with Crippen LogP contribution in [-0.2, 0) is 6.42 Å². The minimum atomic E-state index is -0.176. The SMILES string of the molecule is CCCCCCC(C)NCC1Cc2cc(F)ccc2O1. The molecular formula is C17H26FNO. The van der Waals surface area contributed by atoms with Crippen molar-refractivity contribution in [3.05, 3.63) is 29.6 Å². The Bertz CT molecular complexity index is 421. The van der Waals surface area contributed by atoms with Gasteiger partial charge in [-0.3, -0.25) is 0 Å². The van der Waals surface area contributed by atoms with Gasteiger partial charge in [0, 0.05) is 24.6 Å². The summed E-state index contributed by atoms with van der Waals surface area (Å²) in [6.45, 7) is 5.30. The van der Waals surface area contributed by atoms with Crippen LogP contribution >= 0.6 is 0 Å². The summed E-state index contributed by atoms with van der Waals surface area (Å²) in [7, 11) is 0. The molecule has 0 spiro atoms. The predicted octanol–water partition coefficient (Wildman–Crippen LogP) is 4.08. The normalized spacial score (nSPS) is 18.6. The molecule has 112 valence electrons. The van der Waals surface area contributed by atoms with Gasteiger partial charge in [-0.1, -0.05) is 32.6 Å². The molecule has 1 aliphatic rings. The smallest absolute Gasteiger partial charge is 0.123 e. The largest absolute Gasteiger partial charge is 0.488 e. The molecule has 1 aromatic carbocycles. The Kier molecular flexibility index (Phi) is 5.84. The first-order chi connectivity index (χ1) is 9.69. The Balaban J connectivity index is 1.66. The van der Waals surface area contributed by atoms with Crippen molar-refractivity contribution in [2.24, 2.45) is 0 Å². The van der Waals surface area contributed by atoms with E-state index in [4.69, 9.17) is 4.74 Å². The fourth-order valence-electron chi connectivity index (χ4n) is 2.71. The molecule has 0 radical (unpaired) electrons. The maximum absolute atomic E-state index is 13.1. The van der Waals surface area contributed by atoms with Crippen molar-refractivity contribution >= 4 is 0 Å².